The first-order valence-electron chi connectivity index (χ1n) is 13.3. The molecule has 4 fully saturated rings. The molecule has 4 aliphatic rings. The van der Waals surface area contributed by atoms with Crippen LogP contribution in [0.3, 0.4) is 0 Å². The van der Waals surface area contributed by atoms with Gasteiger partial charge in [0.25, 0.3) is 0 Å². The summed E-state index contributed by atoms with van der Waals surface area (Å²) in [4.78, 5) is 0. The second-order valence-corrected chi connectivity index (χ2v) is 16.2. The molecule has 0 N–H and O–H groups in total. The van der Waals surface area contributed by atoms with Crippen molar-refractivity contribution in [3.8, 4) is 0 Å². The minimum Gasteiger partial charge on any atom is -0.358 e. The van der Waals surface area contributed by atoms with Gasteiger partial charge in [0.05, 0.1) is 0 Å². The molecule has 4 rings (SSSR count). The molecule has 2 heterocycles. The summed E-state index contributed by atoms with van der Waals surface area (Å²) in [6, 6.07) is 0. The van der Waals surface area contributed by atoms with Crippen molar-refractivity contribution in [2.24, 2.45) is 0 Å². The summed E-state index contributed by atoms with van der Waals surface area (Å²) in [7, 11) is 0.679. The van der Waals surface area contributed by atoms with Crippen molar-refractivity contribution < 1.29 is 17.1 Å². The van der Waals surface area contributed by atoms with E-state index in [1.165, 1.54) is 69.1 Å². The summed E-state index contributed by atoms with van der Waals surface area (Å²) >= 11 is 0. The molecule has 3 heteroatoms. The zero-order valence-corrected chi connectivity index (χ0v) is 24.9. The quantitative estimate of drug-likeness (QED) is 0.189. The standard InChI is InChI=1S/C21H40P2.C5H10.2CH3.Fe/c1-5-16-12-13-17(6-2)22(16)20-10-9-11-21(20)23-18(7-3)14-15-19(23)8-4;1-2-4-5-3-1;;;/h16-21H,5-15H2,1-4H3;1-5H2;2*1H3;/q;;2*-1;+2/t16-,17-,18+,19+,20?,21?;;;;. The second kappa shape index (κ2) is 16.9. The first-order chi connectivity index (χ1) is 13.7. The van der Waals surface area contributed by atoms with E-state index in [4.69, 9.17) is 0 Å². The van der Waals surface area contributed by atoms with Crippen molar-refractivity contribution in [2.75, 3.05) is 0 Å². The number of hydrogen-bond donors (Lipinski definition) is 0. The van der Waals surface area contributed by atoms with Crippen molar-refractivity contribution in [1.29, 1.82) is 0 Å². The summed E-state index contributed by atoms with van der Waals surface area (Å²) in [5.41, 5.74) is 6.93. The molecule has 0 aromatic heterocycles. The van der Waals surface area contributed by atoms with Crippen LogP contribution in [-0.2, 0) is 17.1 Å². The molecule has 0 bridgehead atoms. The van der Waals surface area contributed by atoms with Crippen LogP contribution in [-0.4, -0.2) is 34.0 Å². The Bertz CT molecular complexity index is 373. The van der Waals surface area contributed by atoms with Crippen molar-refractivity contribution >= 4 is 15.8 Å². The van der Waals surface area contributed by atoms with Gasteiger partial charge in [-0.15, -0.1) is 0 Å². The van der Waals surface area contributed by atoms with E-state index in [-0.39, 0.29) is 31.9 Å². The third-order valence-corrected chi connectivity index (χ3v) is 17.6. The van der Waals surface area contributed by atoms with Crippen molar-refractivity contribution in [3.05, 3.63) is 14.9 Å². The van der Waals surface area contributed by atoms with E-state index in [0.29, 0.717) is 15.8 Å². The fraction of sp³-hybridized carbons (Fsp3) is 0.929. The smallest absolute Gasteiger partial charge is 0.358 e. The maximum atomic E-state index is 2.49. The summed E-state index contributed by atoms with van der Waals surface area (Å²) in [5, 5.41) is 0. The maximum Gasteiger partial charge on any atom is 2.00 e. The van der Waals surface area contributed by atoms with E-state index in [0.717, 1.165) is 22.6 Å². The molecule has 2 unspecified atom stereocenters. The molecule has 6 atom stereocenters. The molecule has 0 spiro atoms. The predicted molar refractivity (Wildman–Crippen MR) is 146 cm³/mol. The Hall–Kier alpha value is 1.38. The van der Waals surface area contributed by atoms with Crippen LogP contribution in [0.5, 0.6) is 0 Å². The molecular weight excluding hydrogens is 454 g/mol. The van der Waals surface area contributed by atoms with Gasteiger partial charge in [0.1, 0.15) is 0 Å². The van der Waals surface area contributed by atoms with Gasteiger partial charge < -0.3 is 14.9 Å². The van der Waals surface area contributed by atoms with Gasteiger partial charge in [-0.3, -0.25) is 0 Å². The van der Waals surface area contributed by atoms with E-state index >= 15 is 0 Å². The number of rotatable bonds is 6. The van der Waals surface area contributed by atoms with Crippen molar-refractivity contribution in [1.82, 2.24) is 0 Å². The van der Waals surface area contributed by atoms with E-state index in [1.807, 2.05) is 0 Å². The molecule has 2 saturated heterocycles. The van der Waals surface area contributed by atoms with Gasteiger partial charge in [-0.2, -0.15) is 0 Å². The van der Waals surface area contributed by atoms with Crippen LogP contribution in [0.15, 0.2) is 0 Å². The van der Waals surface area contributed by atoms with Gasteiger partial charge in [0, 0.05) is 0 Å². The summed E-state index contributed by atoms with van der Waals surface area (Å²) in [6.45, 7) is 9.97. The zero-order chi connectivity index (χ0) is 19.9. The van der Waals surface area contributed by atoms with Crippen LogP contribution < -0.4 is 0 Å². The topological polar surface area (TPSA) is 0 Å². The molecule has 186 valence electrons. The maximum absolute atomic E-state index is 2.49. The van der Waals surface area contributed by atoms with Gasteiger partial charge in [-0.25, -0.2) is 0 Å². The van der Waals surface area contributed by atoms with Gasteiger partial charge in [0.15, 0.2) is 0 Å². The minimum atomic E-state index is 0. The average molecular weight is 511 g/mol. The Morgan fingerprint density at radius 2 is 0.710 bits per heavy atom. The SMILES string of the molecule is C1CCCC1.CC[C@@H]1CC[C@@H](CC)P1C1CCCC1P1[C@@H](CC)CC[C@@H]1CC.[CH3-].[CH3-].[Fe+2]. The zero-order valence-electron chi connectivity index (χ0n) is 22.0. The largest absolute Gasteiger partial charge is 2.00 e. The fourth-order valence-corrected chi connectivity index (χ4v) is 17.0. The average Bonchev–Trinajstić information content (AvgIpc) is 3.52. The van der Waals surface area contributed by atoms with Crippen LogP contribution in [0.2, 0.25) is 0 Å². The normalized spacial score (nSPS) is 35.6. The van der Waals surface area contributed by atoms with Crippen LogP contribution in [0.25, 0.3) is 0 Å². The van der Waals surface area contributed by atoms with E-state index in [2.05, 4.69) is 27.7 Å². The van der Waals surface area contributed by atoms with Crippen molar-refractivity contribution in [3.63, 3.8) is 0 Å². The second-order valence-electron chi connectivity index (χ2n) is 10.1. The van der Waals surface area contributed by atoms with Crippen LogP contribution in [0.4, 0.5) is 0 Å². The van der Waals surface area contributed by atoms with Crippen LogP contribution in [0.1, 0.15) is 130 Å². The van der Waals surface area contributed by atoms with Gasteiger partial charge >= 0.3 is 17.1 Å². The Balaban J connectivity index is 0.000000995. The van der Waals surface area contributed by atoms with E-state index in [1.54, 1.807) is 44.9 Å². The van der Waals surface area contributed by atoms with Gasteiger partial charge in [-0.05, 0) is 98.2 Å². The molecule has 2 saturated carbocycles. The molecule has 31 heavy (non-hydrogen) atoms. The van der Waals surface area contributed by atoms with E-state index < -0.39 is 0 Å². The van der Waals surface area contributed by atoms with Gasteiger partial charge in [-0.1, -0.05) is 82.1 Å². The summed E-state index contributed by atoms with van der Waals surface area (Å²) in [6.07, 6.45) is 24.6. The van der Waals surface area contributed by atoms with E-state index in [9.17, 15) is 0 Å². The molecule has 0 radical (unpaired) electrons. The summed E-state index contributed by atoms with van der Waals surface area (Å²) < 4.78 is 0. The molecule has 2 aliphatic heterocycles. The predicted octanol–water partition coefficient (Wildman–Crippen LogP) is 10.4. The monoisotopic (exact) mass is 510 g/mol. The summed E-state index contributed by atoms with van der Waals surface area (Å²) in [5.74, 6) is 0. The molecule has 0 aromatic rings. The van der Waals surface area contributed by atoms with Crippen LogP contribution >= 0.6 is 15.8 Å². The number of hydrogen-bond acceptors (Lipinski definition) is 0. The third-order valence-electron chi connectivity index (χ3n) is 8.70. The fourth-order valence-electron chi connectivity index (χ4n) is 7.21. The first kappa shape index (κ1) is 32.4. The molecular formula is C28H56FeP2. The Kier molecular flexibility index (Phi) is 17.7. The molecule has 0 nitrogen and oxygen atoms in total. The molecule has 0 amide bonds. The van der Waals surface area contributed by atoms with Crippen LogP contribution in [0, 0.1) is 14.9 Å². The Morgan fingerprint density at radius 1 is 0.452 bits per heavy atom. The van der Waals surface area contributed by atoms with Crippen molar-refractivity contribution in [2.45, 2.75) is 164 Å². The Morgan fingerprint density at radius 3 is 0.935 bits per heavy atom. The minimum absolute atomic E-state index is 0. The molecule has 0 aromatic carbocycles. The first-order valence-corrected chi connectivity index (χ1v) is 16.4. The molecule has 2 aliphatic carbocycles. The van der Waals surface area contributed by atoms with Gasteiger partial charge in [0.2, 0.25) is 0 Å². The Labute approximate surface area is 211 Å². The third kappa shape index (κ3) is 7.95.